The van der Waals surface area contributed by atoms with Crippen LogP contribution in [-0.2, 0) is 23.9 Å². The molecule has 1 aromatic rings. The van der Waals surface area contributed by atoms with E-state index in [1.54, 1.807) is 0 Å². The lowest BCUT2D eigenvalue weighted by Gasteiger charge is -2.33. The van der Waals surface area contributed by atoms with Crippen LogP contribution in [0.3, 0.4) is 0 Å². The molecule has 1 fully saturated rings. The third-order valence-electron chi connectivity index (χ3n) is 5.52. The highest BCUT2D eigenvalue weighted by atomic mass is 19.1. The van der Waals surface area contributed by atoms with Crippen LogP contribution in [-0.4, -0.2) is 88.2 Å². The Bertz CT molecular complexity index is 959. The number of hydrogen-bond donors (Lipinski definition) is 2. The molecule has 1 aromatic carbocycles. The second kappa shape index (κ2) is 13.3. The number of benzene rings is 1. The zero-order chi connectivity index (χ0) is 26.0. The van der Waals surface area contributed by atoms with Gasteiger partial charge in [0.15, 0.2) is 5.78 Å². The molecule has 2 heterocycles. The lowest BCUT2D eigenvalue weighted by Crippen LogP contribution is -2.42. The second-order valence-electron chi connectivity index (χ2n) is 8.06. The number of ketones is 1. The van der Waals surface area contributed by atoms with Gasteiger partial charge in [0.05, 0.1) is 12.3 Å². The normalized spacial score (nSPS) is 16.6. The number of likely N-dealkylation sites (tertiary alicyclic amines) is 1. The molecular weight excluding hydrogens is 465 g/mol. The zero-order valence-electron chi connectivity index (χ0n) is 19.3. The van der Waals surface area contributed by atoms with E-state index in [1.807, 2.05) is 0 Å². The molecule has 190 valence electrons. The van der Waals surface area contributed by atoms with E-state index in [4.69, 9.17) is 24.5 Å². The van der Waals surface area contributed by atoms with Crippen molar-refractivity contribution < 1.29 is 43.3 Å². The van der Waals surface area contributed by atoms with E-state index in [2.05, 4.69) is 10.0 Å². The summed E-state index contributed by atoms with van der Waals surface area (Å²) in [5.74, 6) is -4.38. The molecule has 0 unspecified atom stereocenters. The smallest absolute Gasteiger partial charge is 0.414 e. The minimum atomic E-state index is -1.82. The van der Waals surface area contributed by atoms with Crippen LogP contribution < -0.4 is 0 Å². The van der Waals surface area contributed by atoms with Gasteiger partial charge in [0.25, 0.3) is 0 Å². The summed E-state index contributed by atoms with van der Waals surface area (Å²) < 4.78 is 18.0. The fourth-order valence-corrected chi connectivity index (χ4v) is 3.62. The lowest BCUT2D eigenvalue weighted by molar-refractivity contribution is -0.159. The van der Waals surface area contributed by atoms with Crippen molar-refractivity contribution in [2.45, 2.75) is 32.6 Å². The molecule has 0 aliphatic carbocycles. The highest BCUT2D eigenvalue weighted by molar-refractivity contribution is 6.27. The van der Waals surface area contributed by atoms with Gasteiger partial charge in [0, 0.05) is 31.4 Å². The summed E-state index contributed by atoms with van der Waals surface area (Å²) in [7, 11) is 0. The van der Waals surface area contributed by atoms with Crippen molar-refractivity contribution in [2.75, 3.05) is 32.8 Å². The van der Waals surface area contributed by atoms with E-state index in [0.717, 1.165) is 25.9 Å². The van der Waals surface area contributed by atoms with Crippen molar-refractivity contribution in [3.63, 3.8) is 0 Å². The Morgan fingerprint density at radius 3 is 2.17 bits per heavy atom. The van der Waals surface area contributed by atoms with Crippen LogP contribution in [0, 0.1) is 11.7 Å². The van der Waals surface area contributed by atoms with E-state index < -0.39 is 11.9 Å². The fourth-order valence-electron chi connectivity index (χ4n) is 3.62. The molecule has 2 N–H and O–H groups in total. The number of carboxylic acid groups (broad SMARTS) is 2. The van der Waals surface area contributed by atoms with Gasteiger partial charge >= 0.3 is 17.9 Å². The Balaban J connectivity index is 0.000000641. The Morgan fingerprint density at radius 2 is 1.63 bits per heavy atom. The van der Waals surface area contributed by atoms with Crippen molar-refractivity contribution in [1.82, 2.24) is 9.91 Å². The molecular formula is C23H28FN3O8. The number of hydrazone groups is 1. The van der Waals surface area contributed by atoms with Crippen molar-refractivity contribution >= 4 is 35.3 Å². The second-order valence-corrected chi connectivity index (χ2v) is 8.06. The molecule has 35 heavy (non-hydrogen) atoms. The first-order valence-corrected chi connectivity index (χ1v) is 11.0. The lowest BCUT2D eigenvalue weighted by atomic mass is 9.89. The summed E-state index contributed by atoms with van der Waals surface area (Å²) in [5, 5.41) is 20.6. The molecule has 0 aromatic heterocycles. The number of halogens is 1. The Labute approximate surface area is 201 Å². The van der Waals surface area contributed by atoms with E-state index in [1.165, 1.54) is 36.2 Å². The summed E-state index contributed by atoms with van der Waals surface area (Å²) in [4.78, 5) is 56.0. The quantitative estimate of drug-likeness (QED) is 0.326. The number of Topliss-reactive ketones (excluding diaryl/α,β-unsaturated/α-hetero) is 1. The predicted octanol–water partition coefficient (Wildman–Crippen LogP) is 1.42. The van der Waals surface area contributed by atoms with Gasteiger partial charge in [-0.05, 0) is 56.6 Å². The molecule has 1 saturated heterocycles. The minimum Gasteiger partial charge on any atom is -0.473 e. The molecule has 1 amide bonds. The van der Waals surface area contributed by atoms with Gasteiger partial charge in [0.2, 0.25) is 5.91 Å². The van der Waals surface area contributed by atoms with Crippen LogP contribution in [0.25, 0.3) is 0 Å². The molecule has 0 atom stereocenters. The molecule has 0 radical (unpaired) electrons. The third kappa shape index (κ3) is 9.24. The zero-order valence-corrected chi connectivity index (χ0v) is 19.3. The van der Waals surface area contributed by atoms with E-state index >= 15 is 0 Å². The van der Waals surface area contributed by atoms with Gasteiger partial charge in [-0.15, -0.1) is 0 Å². The summed E-state index contributed by atoms with van der Waals surface area (Å²) in [5.41, 5.74) is 1.25. The Kier molecular flexibility index (Phi) is 10.5. The molecule has 2 aliphatic heterocycles. The summed E-state index contributed by atoms with van der Waals surface area (Å²) in [6.07, 6.45) is 2.37. The van der Waals surface area contributed by atoms with Crippen molar-refractivity contribution in [3.05, 3.63) is 35.6 Å². The Hall–Kier alpha value is -3.67. The number of rotatable bonds is 7. The number of aliphatic carboxylic acids is 2. The van der Waals surface area contributed by atoms with Gasteiger partial charge in [-0.25, -0.2) is 19.0 Å². The SMILES string of the molecule is CC(=O)OCC1=NN(CCN2CCC(C(=O)c3ccc(F)cc3)CC2)C(=O)CC1.O=C(O)C(=O)O. The first kappa shape index (κ1) is 27.6. The van der Waals surface area contributed by atoms with Gasteiger partial charge in [-0.3, -0.25) is 14.4 Å². The first-order chi connectivity index (χ1) is 16.6. The molecule has 0 bridgehead atoms. The maximum atomic E-state index is 13.0. The average molecular weight is 493 g/mol. The molecule has 2 aliphatic rings. The fraction of sp³-hybridized carbons (Fsp3) is 0.478. The minimum absolute atomic E-state index is 0.0297. The van der Waals surface area contributed by atoms with Crippen LogP contribution in [0.2, 0.25) is 0 Å². The number of carbonyl (C=O) groups excluding carboxylic acids is 3. The van der Waals surface area contributed by atoms with Gasteiger partial charge in [-0.1, -0.05) is 0 Å². The van der Waals surface area contributed by atoms with Crippen LogP contribution in [0.5, 0.6) is 0 Å². The van der Waals surface area contributed by atoms with Crippen LogP contribution in [0.4, 0.5) is 4.39 Å². The van der Waals surface area contributed by atoms with Crippen molar-refractivity contribution in [1.29, 1.82) is 0 Å². The van der Waals surface area contributed by atoms with Crippen molar-refractivity contribution in [3.8, 4) is 0 Å². The number of nitrogens with zero attached hydrogens (tertiary/aromatic N) is 3. The van der Waals surface area contributed by atoms with Crippen LogP contribution in [0.1, 0.15) is 43.0 Å². The number of ether oxygens (including phenoxy) is 1. The van der Waals surface area contributed by atoms with E-state index in [9.17, 15) is 18.8 Å². The van der Waals surface area contributed by atoms with Gasteiger partial charge in [0.1, 0.15) is 12.4 Å². The molecule has 11 nitrogen and oxygen atoms in total. The monoisotopic (exact) mass is 493 g/mol. The number of carboxylic acids is 2. The summed E-state index contributed by atoms with van der Waals surface area (Å²) in [6, 6.07) is 5.71. The third-order valence-corrected chi connectivity index (χ3v) is 5.52. The Morgan fingerprint density at radius 1 is 1.03 bits per heavy atom. The highest BCUT2D eigenvalue weighted by Gasteiger charge is 2.27. The highest BCUT2D eigenvalue weighted by Crippen LogP contribution is 2.22. The molecule has 0 saturated carbocycles. The topological polar surface area (TPSA) is 154 Å². The van der Waals surface area contributed by atoms with Gasteiger partial charge in [-0.2, -0.15) is 5.10 Å². The standard InChI is InChI=1S/C21H26FN3O4.C2H2O4/c1-15(26)29-14-19-6-7-20(27)25(23-19)13-12-24-10-8-17(9-11-24)21(28)16-2-4-18(22)5-3-16;3-1(4)2(5)6/h2-5,17H,6-14H2,1H3;(H,3,4)(H,5,6). The van der Waals surface area contributed by atoms with E-state index in [-0.39, 0.29) is 36.0 Å². The molecule has 12 heteroatoms. The average Bonchev–Trinajstić information content (AvgIpc) is 2.83. The molecule has 3 rings (SSSR count). The first-order valence-electron chi connectivity index (χ1n) is 11.0. The largest absolute Gasteiger partial charge is 0.473 e. The van der Waals surface area contributed by atoms with Crippen molar-refractivity contribution in [2.24, 2.45) is 11.0 Å². The van der Waals surface area contributed by atoms with E-state index in [0.29, 0.717) is 37.2 Å². The van der Waals surface area contributed by atoms with Crippen LogP contribution >= 0.6 is 0 Å². The summed E-state index contributed by atoms with van der Waals surface area (Å²) in [6.45, 7) is 4.15. The maximum absolute atomic E-state index is 13.0. The van der Waals surface area contributed by atoms with Crippen LogP contribution in [0.15, 0.2) is 29.4 Å². The number of piperidine rings is 1. The summed E-state index contributed by atoms with van der Waals surface area (Å²) >= 11 is 0. The number of esters is 1. The number of amides is 1. The number of carbonyl (C=O) groups is 5. The number of hydrogen-bond acceptors (Lipinski definition) is 8. The predicted molar refractivity (Wildman–Crippen MR) is 120 cm³/mol. The maximum Gasteiger partial charge on any atom is 0.414 e. The molecule has 0 spiro atoms. The van der Waals surface area contributed by atoms with Gasteiger partial charge < -0.3 is 19.8 Å².